The lowest BCUT2D eigenvalue weighted by Gasteiger charge is -2.23. The monoisotopic (exact) mass is 260 g/mol. The first kappa shape index (κ1) is 14.1. The molecule has 1 heterocycles. The van der Waals surface area contributed by atoms with E-state index in [1.54, 1.807) is 0 Å². The normalized spacial score (nSPS) is 18.8. The molecule has 1 aliphatic heterocycles. The summed E-state index contributed by atoms with van der Waals surface area (Å²) < 4.78 is 0. The molecule has 104 valence electrons. The van der Waals surface area contributed by atoms with Gasteiger partial charge in [0.25, 0.3) is 0 Å². The summed E-state index contributed by atoms with van der Waals surface area (Å²) in [7, 11) is 0. The summed E-state index contributed by atoms with van der Waals surface area (Å²) in [6.07, 6.45) is 4.65. The molecule has 2 rings (SSSR count). The van der Waals surface area contributed by atoms with Crippen LogP contribution in [0.5, 0.6) is 0 Å². The number of aryl methyl sites for hydroxylation is 2. The number of hydrogen-bond donors (Lipinski definition) is 1. The van der Waals surface area contributed by atoms with E-state index in [2.05, 4.69) is 31.2 Å². The van der Waals surface area contributed by atoms with Gasteiger partial charge >= 0.3 is 0 Å². The van der Waals surface area contributed by atoms with Crippen molar-refractivity contribution in [3.8, 4) is 0 Å². The minimum atomic E-state index is 0.257. The average molecular weight is 260 g/mol. The Kier molecular flexibility index (Phi) is 4.97. The SMILES string of the molecule is CCc1ccc(CCC(=O)N2CCCC2CN)cc1. The zero-order valence-corrected chi connectivity index (χ0v) is 11.8. The summed E-state index contributed by atoms with van der Waals surface area (Å²) in [5.41, 5.74) is 8.30. The number of nitrogens with zero attached hydrogens (tertiary/aromatic N) is 1. The first-order chi connectivity index (χ1) is 9.24. The van der Waals surface area contributed by atoms with Gasteiger partial charge in [0.2, 0.25) is 5.91 Å². The highest BCUT2D eigenvalue weighted by atomic mass is 16.2. The molecular formula is C16H24N2O. The molecule has 3 nitrogen and oxygen atoms in total. The fourth-order valence-corrected chi connectivity index (χ4v) is 2.75. The van der Waals surface area contributed by atoms with Crippen molar-refractivity contribution in [2.45, 2.75) is 45.1 Å². The lowest BCUT2D eigenvalue weighted by Crippen LogP contribution is -2.39. The third-order valence-electron chi connectivity index (χ3n) is 4.03. The molecule has 0 radical (unpaired) electrons. The summed E-state index contributed by atoms with van der Waals surface area (Å²) in [5.74, 6) is 0.257. The molecule has 1 atom stereocenters. The van der Waals surface area contributed by atoms with E-state index in [4.69, 9.17) is 5.73 Å². The van der Waals surface area contributed by atoms with Crippen LogP contribution in [0.25, 0.3) is 0 Å². The molecule has 3 heteroatoms. The lowest BCUT2D eigenvalue weighted by atomic mass is 10.1. The van der Waals surface area contributed by atoms with Crippen molar-refractivity contribution in [1.29, 1.82) is 0 Å². The van der Waals surface area contributed by atoms with Crippen molar-refractivity contribution in [1.82, 2.24) is 4.90 Å². The quantitative estimate of drug-likeness (QED) is 0.881. The van der Waals surface area contributed by atoms with E-state index in [9.17, 15) is 4.79 Å². The van der Waals surface area contributed by atoms with Crippen LogP contribution in [0.3, 0.4) is 0 Å². The van der Waals surface area contributed by atoms with Crippen molar-refractivity contribution in [3.05, 3.63) is 35.4 Å². The Hall–Kier alpha value is -1.35. The number of nitrogens with two attached hydrogens (primary N) is 1. The molecule has 1 aliphatic rings. The second-order valence-corrected chi connectivity index (χ2v) is 5.29. The first-order valence-electron chi connectivity index (χ1n) is 7.32. The maximum Gasteiger partial charge on any atom is 0.223 e. The molecule has 0 spiro atoms. The summed E-state index contributed by atoms with van der Waals surface area (Å²) in [6.45, 7) is 3.63. The van der Waals surface area contributed by atoms with E-state index >= 15 is 0 Å². The zero-order chi connectivity index (χ0) is 13.7. The van der Waals surface area contributed by atoms with Gasteiger partial charge in [-0.3, -0.25) is 4.79 Å². The Balaban J connectivity index is 1.85. The first-order valence-corrected chi connectivity index (χ1v) is 7.32. The summed E-state index contributed by atoms with van der Waals surface area (Å²) in [5, 5.41) is 0. The molecule has 1 fully saturated rings. The van der Waals surface area contributed by atoms with Crippen LogP contribution in [0.2, 0.25) is 0 Å². The Bertz CT molecular complexity index is 413. The van der Waals surface area contributed by atoms with Gasteiger partial charge in [0.1, 0.15) is 0 Å². The number of benzene rings is 1. The molecule has 2 N–H and O–H groups in total. The molecule has 0 aromatic heterocycles. The van der Waals surface area contributed by atoms with Crippen LogP contribution >= 0.6 is 0 Å². The van der Waals surface area contributed by atoms with Crippen LogP contribution in [0.4, 0.5) is 0 Å². The maximum atomic E-state index is 12.2. The molecule has 0 saturated carbocycles. The van der Waals surface area contributed by atoms with Crippen LogP contribution < -0.4 is 5.73 Å². The summed E-state index contributed by atoms with van der Waals surface area (Å²) in [6, 6.07) is 8.85. The van der Waals surface area contributed by atoms with E-state index in [1.807, 2.05) is 4.90 Å². The Morgan fingerprint density at radius 2 is 2.00 bits per heavy atom. The molecule has 1 aromatic rings. The molecule has 1 saturated heterocycles. The van der Waals surface area contributed by atoms with Crippen LogP contribution in [0.1, 0.15) is 37.3 Å². The molecular weight excluding hydrogens is 236 g/mol. The highest BCUT2D eigenvalue weighted by molar-refractivity contribution is 5.77. The maximum absolute atomic E-state index is 12.2. The summed E-state index contributed by atoms with van der Waals surface area (Å²) in [4.78, 5) is 14.2. The number of rotatable bonds is 5. The van der Waals surface area contributed by atoms with Gasteiger partial charge < -0.3 is 10.6 Å². The van der Waals surface area contributed by atoms with Crippen LogP contribution in [0.15, 0.2) is 24.3 Å². The minimum Gasteiger partial charge on any atom is -0.338 e. The van der Waals surface area contributed by atoms with Gasteiger partial charge in [0.05, 0.1) is 0 Å². The minimum absolute atomic E-state index is 0.257. The third kappa shape index (κ3) is 3.57. The molecule has 1 aromatic carbocycles. The Morgan fingerprint density at radius 3 is 2.63 bits per heavy atom. The van der Waals surface area contributed by atoms with E-state index in [1.165, 1.54) is 11.1 Å². The van der Waals surface area contributed by atoms with Crippen LogP contribution in [0, 0.1) is 0 Å². The number of carbonyl (C=O) groups is 1. The van der Waals surface area contributed by atoms with Gasteiger partial charge in [0.15, 0.2) is 0 Å². The fourth-order valence-electron chi connectivity index (χ4n) is 2.75. The summed E-state index contributed by atoms with van der Waals surface area (Å²) >= 11 is 0. The second-order valence-electron chi connectivity index (χ2n) is 5.29. The van der Waals surface area contributed by atoms with Crippen molar-refractivity contribution < 1.29 is 4.79 Å². The number of carbonyl (C=O) groups excluding carboxylic acids is 1. The standard InChI is InChI=1S/C16H24N2O/c1-2-13-5-7-14(8-6-13)9-10-16(19)18-11-3-4-15(18)12-17/h5-8,15H,2-4,9-12,17H2,1H3. The van der Waals surface area contributed by atoms with Gasteiger partial charge in [-0.25, -0.2) is 0 Å². The van der Waals surface area contributed by atoms with Crippen molar-refractivity contribution in [2.24, 2.45) is 5.73 Å². The van der Waals surface area contributed by atoms with Crippen LogP contribution in [-0.4, -0.2) is 29.9 Å². The van der Waals surface area contributed by atoms with E-state index in [0.717, 1.165) is 32.2 Å². The van der Waals surface area contributed by atoms with Crippen molar-refractivity contribution in [2.75, 3.05) is 13.1 Å². The molecule has 1 amide bonds. The molecule has 1 unspecified atom stereocenters. The highest BCUT2D eigenvalue weighted by Crippen LogP contribution is 2.18. The van der Waals surface area contributed by atoms with E-state index in [-0.39, 0.29) is 11.9 Å². The Labute approximate surface area is 115 Å². The van der Waals surface area contributed by atoms with Gasteiger partial charge in [0, 0.05) is 25.6 Å². The van der Waals surface area contributed by atoms with Crippen molar-refractivity contribution in [3.63, 3.8) is 0 Å². The van der Waals surface area contributed by atoms with Crippen molar-refractivity contribution >= 4 is 5.91 Å². The molecule has 0 bridgehead atoms. The predicted molar refractivity (Wildman–Crippen MR) is 77.9 cm³/mol. The van der Waals surface area contributed by atoms with E-state index < -0.39 is 0 Å². The number of hydrogen-bond acceptors (Lipinski definition) is 2. The predicted octanol–water partition coefficient (Wildman–Crippen LogP) is 2.13. The van der Waals surface area contributed by atoms with Gasteiger partial charge in [-0.05, 0) is 36.8 Å². The Morgan fingerprint density at radius 1 is 1.32 bits per heavy atom. The third-order valence-corrected chi connectivity index (χ3v) is 4.03. The largest absolute Gasteiger partial charge is 0.338 e. The van der Waals surface area contributed by atoms with Gasteiger partial charge in [-0.2, -0.15) is 0 Å². The number of amides is 1. The molecule has 19 heavy (non-hydrogen) atoms. The smallest absolute Gasteiger partial charge is 0.223 e. The zero-order valence-electron chi connectivity index (χ0n) is 11.8. The van der Waals surface area contributed by atoms with E-state index in [0.29, 0.717) is 13.0 Å². The lowest BCUT2D eigenvalue weighted by molar-refractivity contribution is -0.131. The average Bonchev–Trinajstić information content (AvgIpc) is 2.93. The molecule has 0 aliphatic carbocycles. The fraction of sp³-hybridized carbons (Fsp3) is 0.562. The van der Waals surface area contributed by atoms with Gasteiger partial charge in [-0.1, -0.05) is 31.2 Å². The van der Waals surface area contributed by atoms with Crippen LogP contribution in [-0.2, 0) is 17.6 Å². The topological polar surface area (TPSA) is 46.3 Å². The highest BCUT2D eigenvalue weighted by Gasteiger charge is 2.26. The second kappa shape index (κ2) is 6.71. The van der Waals surface area contributed by atoms with Gasteiger partial charge in [-0.15, -0.1) is 0 Å². The number of likely N-dealkylation sites (tertiary alicyclic amines) is 1.